The van der Waals surface area contributed by atoms with Crippen LogP contribution in [-0.4, -0.2) is 12.5 Å². The van der Waals surface area contributed by atoms with Crippen LogP contribution in [-0.2, 0) is 0 Å². The predicted octanol–water partition coefficient (Wildman–Crippen LogP) is 3.65. The Morgan fingerprint density at radius 2 is 1.96 bits per heavy atom. The third-order valence-electron chi connectivity index (χ3n) is 3.18. The van der Waals surface area contributed by atoms with Crippen LogP contribution in [0.3, 0.4) is 0 Å². The number of benzene rings is 2. The molecule has 0 spiro atoms. The number of carbonyl (C=O) groups excluding carboxylic acids is 1. The first kappa shape index (κ1) is 16.4. The molecule has 1 N–H and O–H groups in total. The van der Waals surface area contributed by atoms with Crippen LogP contribution >= 0.6 is 0 Å². The van der Waals surface area contributed by atoms with Gasteiger partial charge in [-0.3, -0.25) is 4.79 Å². The van der Waals surface area contributed by atoms with Crippen molar-refractivity contribution in [2.75, 3.05) is 0 Å². The van der Waals surface area contributed by atoms with Crippen LogP contribution in [0.4, 0.5) is 8.78 Å². The van der Waals surface area contributed by atoms with E-state index >= 15 is 0 Å². The van der Waals surface area contributed by atoms with Crippen LogP contribution in [0.5, 0.6) is 5.75 Å². The van der Waals surface area contributed by atoms with Gasteiger partial charge in [-0.05, 0) is 42.8 Å². The van der Waals surface area contributed by atoms with E-state index in [0.717, 1.165) is 0 Å². The molecule has 2 aromatic carbocycles. The summed E-state index contributed by atoms with van der Waals surface area (Å²) in [5.41, 5.74) is 1.38. The Bertz CT molecular complexity index is 741. The zero-order chi connectivity index (χ0) is 16.8. The zero-order valence-electron chi connectivity index (χ0n) is 12.3. The van der Waals surface area contributed by atoms with Gasteiger partial charge in [0.1, 0.15) is 5.75 Å². The van der Waals surface area contributed by atoms with Crippen molar-refractivity contribution in [2.45, 2.75) is 19.6 Å². The van der Waals surface area contributed by atoms with Crippen molar-refractivity contribution in [3.8, 4) is 11.8 Å². The highest BCUT2D eigenvalue weighted by Gasteiger charge is 2.13. The maximum atomic E-state index is 12.2. The number of carbonyl (C=O) groups is 1. The fourth-order valence-corrected chi connectivity index (χ4v) is 2.05. The highest BCUT2D eigenvalue weighted by molar-refractivity contribution is 5.94. The van der Waals surface area contributed by atoms with Gasteiger partial charge in [0.2, 0.25) is 0 Å². The van der Waals surface area contributed by atoms with E-state index in [1.54, 1.807) is 37.3 Å². The molecule has 6 heteroatoms. The summed E-state index contributed by atoms with van der Waals surface area (Å²) >= 11 is 0. The molecule has 0 saturated carbocycles. The number of alkyl halides is 2. The minimum absolute atomic E-state index is 0.0325. The molecule has 2 rings (SSSR count). The first-order valence-corrected chi connectivity index (χ1v) is 6.85. The van der Waals surface area contributed by atoms with Crippen molar-refractivity contribution in [1.29, 1.82) is 5.26 Å². The first-order chi connectivity index (χ1) is 11.0. The van der Waals surface area contributed by atoms with Crippen LogP contribution in [0.2, 0.25) is 0 Å². The SMILES string of the molecule is C[C@@H](NC(=O)c1cccc(C#N)c1)c1cccc(OC(F)F)c1. The van der Waals surface area contributed by atoms with Gasteiger partial charge in [0, 0.05) is 5.56 Å². The Balaban J connectivity index is 2.10. The molecule has 118 valence electrons. The van der Waals surface area contributed by atoms with Crippen molar-refractivity contribution in [3.63, 3.8) is 0 Å². The average Bonchev–Trinajstić information content (AvgIpc) is 2.54. The quantitative estimate of drug-likeness (QED) is 0.916. The van der Waals surface area contributed by atoms with Gasteiger partial charge in [0.15, 0.2) is 0 Å². The molecule has 1 atom stereocenters. The summed E-state index contributed by atoms with van der Waals surface area (Å²) in [5, 5.41) is 11.6. The van der Waals surface area contributed by atoms with Crippen LogP contribution in [0.15, 0.2) is 48.5 Å². The van der Waals surface area contributed by atoms with E-state index < -0.39 is 12.7 Å². The molecule has 4 nitrogen and oxygen atoms in total. The zero-order valence-corrected chi connectivity index (χ0v) is 12.3. The number of ether oxygens (including phenoxy) is 1. The molecule has 0 aliphatic heterocycles. The van der Waals surface area contributed by atoms with E-state index in [4.69, 9.17) is 5.26 Å². The first-order valence-electron chi connectivity index (χ1n) is 6.85. The topological polar surface area (TPSA) is 62.1 Å². The lowest BCUT2D eigenvalue weighted by Gasteiger charge is -2.15. The number of amides is 1. The number of nitrogens with one attached hydrogen (secondary N) is 1. The number of hydrogen-bond acceptors (Lipinski definition) is 3. The summed E-state index contributed by atoms with van der Waals surface area (Å²) in [6.07, 6.45) is 0. The lowest BCUT2D eigenvalue weighted by molar-refractivity contribution is -0.0499. The highest BCUT2D eigenvalue weighted by Crippen LogP contribution is 2.21. The van der Waals surface area contributed by atoms with E-state index in [-0.39, 0.29) is 11.7 Å². The predicted molar refractivity (Wildman–Crippen MR) is 80.1 cm³/mol. The number of nitrogens with zero attached hydrogens (tertiary/aromatic N) is 1. The lowest BCUT2D eigenvalue weighted by Crippen LogP contribution is -2.26. The highest BCUT2D eigenvalue weighted by atomic mass is 19.3. The summed E-state index contributed by atoms with van der Waals surface area (Å²) in [4.78, 5) is 12.2. The monoisotopic (exact) mass is 316 g/mol. The van der Waals surface area contributed by atoms with Gasteiger partial charge in [-0.1, -0.05) is 18.2 Å². The number of halogens is 2. The van der Waals surface area contributed by atoms with Gasteiger partial charge in [0.05, 0.1) is 17.7 Å². The summed E-state index contributed by atoms with van der Waals surface area (Å²) in [6.45, 7) is -1.17. The molecular weight excluding hydrogens is 302 g/mol. The van der Waals surface area contributed by atoms with Crippen LogP contribution in [0.1, 0.15) is 34.5 Å². The van der Waals surface area contributed by atoms with E-state index in [1.165, 1.54) is 18.2 Å². The molecule has 0 radical (unpaired) electrons. The Kier molecular flexibility index (Phi) is 5.26. The molecule has 0 saturated heterocycles. The third-order valence-corrected chi connectivity index (χ3v) is 3.18. The normalized spacial score (nSPS) is 11.6. The Morgan fingerprint density at radius 1 is 1.22 bits per heavy atom. The lowest BCUT2D eigenvalue weighted by atomic mass is 10.1. The van der Waals surface area contributed by atoms with Crippen molar-refractivity contribution in [2.24, 2.45) is 0 Å². The molecule has 0 aliphatic rings. The molecule has 0 aromatic heterocycles. The van der Waals surface area contributed by atoms with Gasteiger partial charge in [-0.25, -0.2) is 0 Å². The summed E-state index contributed by atoms with van der Waals surface area (Å²) in [5.74, 6) is -0.320. The fourth-order valence-electron chi connectivity index (χ4n) is 2.05. The smallest absolute Gasteiger partial charge is 0.387 e. The third kappa shape index (κ3) is 4.51. The Hall–Kier alpha value is -2.94. The van der Waals surface area contributed by atoms with Gasteiger partial charge < -0.3 is 10.1 Å². The van der Waals surface area contributed by atoms with Crippen LogP contribution in [0.25, 0.3) is 0 Å². The van der Waals surface area contributed by atoms with Gasteiger partial charge in [-0.15, -0.1) is 0 Å². The summed E-state index contributed by atoms with van der Waals surface area (Å²) in [6, 6.07) is 14.0. The van der Waals surface area contributed by atoms with E-state index in [2.05, 4.69) is 10.1 Å². The largest absolute Gasteiger partial charge is 0.435 e. The molecule has 0 fully saturated rings. The molecule has 0 unspecified atom stereocenters. The average molecular weight is 316 g/mol. The van der Waals surface area contributed by atoms with E-state index in [1.807, 2.05) is 6.07 Å². The van der Waals surface area contributed by atoms with E-state index in [9.17, 15) is 13.6 Å². The Labute approximate surface area is 132 Å². The standard InChI is InChI=1S/C17H14F2N2O2/c1-11(13-5-3-7-15(9-13)23-17(18)19)21-16(22)14-6-2-4-12(8-14)10-20/h2-9,11,17H,1H3,(H,21,22)/t11-/m1/s1. The molecule has 1 amide bonds. The van der Waals surface area contributed by atoms with Crippen molar-refractivity contribution in [3.05, 3.63) is 65.2 Å². The maximum Gasteiger partial charge on any atom is 0.387 e. The van der Waals surface area contributed by atoms with Crippen LogP contribution < -0.4 is 10.1 Å². The van der Waals surface area contributed by atoms with Crippen molar-refractivity contribution in [1.82, 2.24) is 5.32 Å². The second-order valence-electron chi connectivity index (χ2n) is 4.84. The Morgan fingerprint density at radius 3 is 2.65 bits per heavy atom. The molecule has 0 heterocycles. The minimum Gasteiger partial charge on any atom is -0.435 e. The summed E-state index contributed by atoms with van der Waals surface area (Å²) in [7, 11) is 0. The second kappa shape index (κ2) is 7.36. The van der Waals surface area contributed by atoms with E-state index in [0.29, 0.717) is 16.7 Å². The number of nitriles is 1. The van der Waals surface area contributed by atoms with Gasteiger partial charge in [0.25, 0.3) is 5.91 Å². The second-order valence-corrected chi connectivity index (χ2v) is 4.84. The van der Waals surface area contributed by atoms with Gasteiger partial charge in [-0.2, -0.15) is 14.0 Å². The van der Waals surface area contributed by atoms with Crippen LogP contribution in [0, 0.1) is 11.3 Å². The van der Waals surface area contributed by atoms with Gasteiger partial charge >= 0.3 is 6.61 Å². The maximum absolute atomic E-state index is 12.2. The van der Waals surface area contributed by atoms with Crippen molar-refractivity contribution >= 4 is 5.91 Å². The number of rotatable bonds is 5. The minimum atomic E-state index is -2.90. The van der Waals surface area contributed by atoms with Crippen molar-refractivity contribution < 1.29 is 18.3 Å². The molecule has 23 heavy (non-hydrogen) atoms. The molecular formula is C17H14F2N2O2. The number of hydrogen-bond donors (Lipinski definition) is 1. The molecule has 0 bridgehead atoms. The molecule has 2 aromatic rings. The summed E-state index contributed by atoms with van der Waals surface area (Å²) < 4.78 is 28.8. The fraction of sp³-hybridized carbons (Fsp3) is 0.176. The molecule has 0 aliphatic carbocycles.